The fourth-order valence-corrected chi connectivity index (χ4v) is 2.82. The van der Waals surface area contributed by atoms with E-state index >= 15 is 0 Å². The van der Waals surface area contributed by atoms with Crippen LogP contribution in [0.2, 0.25) is 0 Å². The van der Waals surface area contributed by atoms with Gasteiger partial charge in [-0.15, -0.1) is 15.3 Å². The molecule has 2 heterocycles. The molecule has 0 N–H and O–H groups in total. The van der Waals surface area contributed by atoms with Crippen molar-refractivity contribution in [2.24, 2.45) is 0 Å². The van der Waals surface area contributed by atoms with Crippen LogP contribution in [-0.2, 0) is 0 Å². The lowest BCUT2D eigenvalue weighted by atomic mass is 10.1. The molecule has 0 fully saturated rings. The monoisotopic (exact) mass is 355 g/mol. The second-order valence-electron chi connectivity index (χ2n) is 6.07. The van der Waals surface area contributed by atoms with E-state index in [2.05, 4.69) is 20.5 Å². The summed E-state index contributed by atoms with van der Waals surface area (Å²) in [5.41, 5.74) is 4.51. The highest BCUT2D eigenvalue weighted by Crippen LogP contribution is 2.27. The number of hydrogen-bond donors (Lipinski definition) is 0. The molecule has 0 bridgehead atoms. The first kappa shape index (κ1) is 16.3. The van der Waals surface area contributed by atoms with Gasteiger partial charge < -0.3 is 4.42 Å². The van der Waals surface area contributed by atoms with E-state index in [-0.39, 0.29) is 11.9 Å². The molecule has 0 aliphatic heterocycles. The second-order valence-corrected chi connectivity index (χ2v) is 6.07. The van der Waals surface area contributed by atoms with E-state index in [0.717, 1.165) is 22.2 Å². The lowest BCUT2D eigenvalue weighted by Crippen LogP contribution is -2.08. The smallest absolute Gasteiger partial charge is 0.314 e. The van der Waals surface area contributed by atoms with Crippen molar-refractivity contribution in [2.45, 2.75) is 26.3 Å². The highest BCUT2D eigenvalue weighted by Gasteiger charge is 2.18. The first-order chi connectivity index (χ1) is 12.5. The van der Waals surface area contributed by atoms with Crippen LogP contribution in [-0.4, -0.2) is 25.2 Å². The van der Waals surface area contributed by atoms with Crippen molar-refractivity contribution in [1.82, 2.24) is 25.2 Å². The highest BCUT2D eigenvalue weighted by molar-refractivity contribution is 5.75. The molecule has 0 spiro atoms. The van der Waals surface area contributed by atoms with E-state index < -0.39 is 12.3 Å². The molecule has 0 amide bonds. The van der Waals surface area contributed by atoms with Crippen LogP contribution in [0.15, 0.2) is 46.9 Å². The predicted octanol–water partition coefficient (Wildman–Crippen LogP) is 4.34. The molecule has 1 atom stereocenters. The molecule has 4 aromatic rings. The van der Waals surface area contributed by atoms with E-state index in [4.69, 9.17) is 4.42 Å². The Kier molecular flexibility index (Phi) is 3.95. The van der Waals surface area contributed by atoms with Crippen molar-refractivity contribution in [2.75, 3.05) is 0 Å². The fraction of sp³-hybridized carbons (Fsp3) is 0.222. The molecular formula is C18H15F2N5O. The topological polar surface area (TPSA) is 69.6 Å². The number of benzene rings is 2. The van der Waals surface area contributed by atoms with E-state index in [9.17, 15) is 8.78 Å². The lowest BCUT2D eigenvalue weighted by molar-refractivity contribution is 0.116. The molecule has 2 aromatic heterocycles. The highest BCUT2D eigenvalue weighted by atomic mass is 19.3. The predicted molar refractivity (Wildman–Crippen MR) is 90.8 cm³/mol. The van der Waals surface area contributed by atoms with E-state index in [0.29, 0.717) is 5.56 Å². The van der Waals surface area contributed by atoms with Crippen LogP contribution in [0.4, 0.5) is 8.78 Å². The molecule has 0 radical (unpaired) electrons. The van der Waals surface area contributed by atoms with Gasteiger partial charge in [-0.2, -0.15) is 8.78 Å². The van der Waals surface area contributed by atoms with Crippen molar-refractivity contribution in [3.8, 4) is 11.5 Å². The van der Waals surface area contributed by atoms with Crippen LogP contribution in [0, 0.1) is 6.92 Å². The lowest BCUT2D eigenvalue weighted by Gasteiger charge is -2.13. The molecule has 0 saturated heterocycles. The molecule has 6 nitrogen and oxygen atoms in total. The molecule has 4 rings (SSSR count). The zero-order chi connectivity index (χ0) is 18.3. The van der Waals surface area contributed by atoms with Crippen LogP contribution in [0.25, 0.3) is 22.5 Å². The Morgan fingerprint density at radius 2 is 1.77 bits per heavy atom. The maximum atomic E-state index is 12.6. The van der Waals surface area contributed by atoms with Gasteiger partial charge in [0.1, 0.15) is 5.52 Å². The van der Waals surface area contributed by atoms with E-state index in [1.54, 1.807) is 12.1 Å². The average molecular weight is 355 g/mol. The largest absolute Gasteiger partial charge is 0.415 e. The SMILES string of the molecule is Cc1ccc2nnn(C(C)c3ccc(-c4nnc(C(F)F)o4)cc3)c2c1. The molecular weight excluding hydrogens is 340 g/mol. The van der Waals surface area contributed by atoms with Crippen LogP contribution in [0.3, 0.4) is 0 Å². The zero-order valence-corrected chi connectivity index (χ0v) is 14.1. The zero-order valence-electron chi connectivity index (χ0n) is 14.1. The van der Waals surface area contributed by atoms with Crippen LogP contribution < -0.4 is 0 Å². The molecule has 132 valence electrons. The summed E-state index contributed by atoms with van der Waals surface area (Å²) in [5.74, 6) is -0.608. The quantitative estimate of drug-likeness (QED) is 0.545. The maximum Gasteiger partial charge on any atom is 0.314 e. The van der Waals surface area contributed by atoms with Gasteiger partial charge in [0.2, 0.25) is 5.89 Å². The molecule has 8 heteroatoms. The molecule has 0 saturated carbocycles. The van der Waals surface area contributed by atoms with Crippen LogP contribution in [0.1, 0.15) is 36.4 Å². The number of hydrogen-bond acceptors (Lipinski definition) is 5. The van der Waals surface area contributed by atoms with Gasteiger partial charge in [0.05, 0.1) is 11.6 Å². The molecule has 1 unspecified atom stereocenters. The summed E-state index contributed by atoms with van der Waals surface area (Å²) in [6.07, 6.45) is -2.78. The first-order valence-corrected chi connectivity index (χ1v) is 8.06. The summed E-state index contributed by atoms with van der Waals surface area (Å²) in [7, 11) is 0. The van der Waals surface area contributed by atoms with Gasteiger partial charge in [0.25, 0.3) is 5.89 Å². The summed E-state index contributed by atoms with van der Waals surface area (Å²) in [6.45, 7) is 4.04. The van der Waals surface area contributed by atoms with Crippen LogP contribution in [0.5, 0.6) is 0 Å². The van der Waals surface area contributed by atoms with E-state index in [1.165, 1.54) is 0 Å². The Hall–Kier alpha value is -3.16. The molecule has 0 aliphatic rings. The van der Waals surface area contributed by atoms with Crippen molar-refractivity contribution >= 4 is 11.0 Å². The second kappa shape index (κ2) is 6.29. The Balaban J connectivity index is 1.64. The third kappa shape index (κ3) is 2.83. The van der Waals surface area contributed by atoms with Gasteiger partial charge in [-0.3, -0.25) is 0 Å². The summed E-state index contributed by atoms with van der Waals surface area (Å²) < 4.78 is 32.0. The summed E-state index contributed by atoms with van der Waals surface area (Å²) in [6, 6.07) is 13.2. The summed E-state index contributed by atoms with van der Waals surface area (Å²) >= 11 is 0. The maximum absolute atomic E-state index is 12.6. The molecule has 2 aromatic carbocycles. The van der Waals surface area contributed by atoms with Gasteiger partial charge in [-0.1, -0.05) is 23.4 Å². The first-order valence-electron chi connectivity index (χ1n) is 8.06. The fourth-order valence-electron chi connectivity index (χ4n) is 2.82. The number of halogens is 2. The minimum Gasteiger partial charge on any atom is -0.415 e. The van der Waals surface area contributed by atoms with Gasteiger partial charge in [-0.05, 0) is 49.2 Å². The molecule has 0 aliphatic carbocycles. The van der Waals surface area contributed by atoms with Gasteiger partial charge >= 0.3 is 6.43 Å². The van der Waals surface area contributed by atoms with Gasteiger partial charge in [0.15, 0.2) is 0 Å². The van der Waals surface area contributed by atoms with Crippen molar-refractivity contribution in [1.29, 1.82) is 0 Å². The third-order valence-corrected chi connectivity index (χ3v) is 4.26. The van der Waals surface area contributed by atoms with Gasteiger partial charge in [0, 0.05) is 5.56 Å². The van der Waals surface area contributed by atoms with Gasteiger partial charge in [-0.25, -0.2) is 4.68 Å². The average Bonchev–Trinajstić information content (AvgIpc) is 3.28. The van der Waals surface area contributed by atoms with Crippen molar-refractivity contribution in [3.05, 3.63) is 59.5 Å². The number of alkyl halides is 2. The van der Waals surface area contributed by atoms with Crippen molar-refractivity contribution in [3.63, 3.8) is 0 Å². The number of fused-ring (bicyclic) bond motifs is 1. The summed E-state index contributed by atoms with van der Waals surface area (Å²) in [5, 5.41) is 15.5. The standard InChI is InChI=1S/C18H15F2N5O/c1-10-3-8-14-15(9-10)25(24-21-14)11(2)12-4-6-13(7-5-12)17-22-23-18(26-17)16(19)20/h3-9,11,16H,1-2H3. The summed E-state index contributed by atoms with van der Waals surface area (Å²) in [4.78, 5) is 0. The third-order valence-electron chi connectivity index (χ3n) is 4.26. The Morgan fingerprint density at radius 3 is 2.46 bits per heavy atom. The number of aromatic nitrogens is 5. The van der Waals surface area contributed by atoms with E-state index in [1.807, 2.05) is 48.9 Å². The number of nitrogens with zero attached hydrogens (tertiary/aromatic N) is 5. The molecule has 26 heavy (non-hydrogen) atoms. The van der Waals surface area contributed by atoms with Crippen LogP contribution >= 0.6 is 0 Å². The Morgan fingerprint density at radius 1 is 1.00 bits per heavy atom. The number of aryl methyl sites for hydroxylation is 1. The minimum atomic E-state index is -2.78. The van der Waals surface area contributed by atoms with Crippen molar-refractivity contribution < 1.29 is 13.2 Å². The minimum absolute atomic E-state index is 0.0461. The Bertz CT molecular complexity index is 1060. The Labute approximate surface area is 147 Å². The normalized spacial score (nSPS) is 12.8. The number of rotatable bonds is 4.